The quantitative estimate of drug-likeness (QED) is 0.652. The largest absolute Gasteiger partial charge is 0.497 e. The van der Waals surface area contributed by atoms with Gasteiger partial charge in [-0.25, -0.2) is 4.39 Å². The first-order valence-electron chi connectivity index (χ1n) is 10.3. The Hall–Kier alpha value is -2.21. The Morgan fingerprint density at radius 2 is 1.79 bits per heavy atom. The molecule has 2 heterocycles. The lowest BCUT2D eigenvalue weighted by atomic mass is 9.98. The lowest BCUT2D eigenvalue weighted by Gasteiger charge is -2.36. The molecule has 2 aromatic rings. The third kappa shape index (κ3) is 4.69. The maximum Gasteiger partial charge on any atom is 0.196 e. The zero-order valence-corrected chi connectivity index (χ0v) is 16.9. The molecule has 2 aromatic carbocycles. The van der Waals surface area contributed by atoms with Crippen molar-refractivity contribution in [2.24, 2.45) is 0 Å². The van der Waals surface area contributed by atoms with Crippen molar-refractivity contribution in [2.75, 3.05) is 33.4 Å². The van der Waals surface area contributed by atoms with E-state index in [1.807, 2.05) is 12.1 Å². The molecule has 5 heteroatoms. The predicted molar refractivity (Wildman–Crippen MR) is 110 cm³/mol. The minimum absolute atomic E-state index is 0.248. The van der Waals surface area contributed by atoms with Gasteiger partial charge in [-0.15, -0.1) is 0 Å². The first-order valence-corrected chi connectivity index (χ1v) is 10.3. The van der Waals surface area contributed by atoms with Gasteiger partial charge >= 0.3 is 0 Å². The first kappa shape index (κ1) is 20.1. The maximum absolute atomic E-state index is 13.4. The second kappa shape index (κ2) is 9.08. The van der Waals surface area contributed by atoms with Crippen LogP contribution in [0.1, 0.15) is 24.0 Å². The summed E-state index contributed by atoms with van der Waals surface area (Å²) in [6.07, 6.45) is 7.28. The molecule has 2 aliphatic heterocycles. The molecule has 0 bridgehead atoms. The van der Waals surface area contributed by atoms with Crippen LogP contribution in [0.3, 0.4) is 0 Å². The van der Waals surface area contributed by atoms with Gasteiger partial charge in [-0.3, -0.25) is 4.90 Å². The number of rotatable bonds is 7. The van der Waals surface area contributed by atoms with E-state index in [2.05, 4.69) is 29.2 Å². The molecule has 1 unspecified atom stereocenters. The Kier molecular flexibility index (Phi) is 6.28. The van der Waals surface area contributed by atoms with Crippen LogP contribution in [-0.4, -0.2) is 44.4 Å². The number of benzene rings is 2. The number of nitrogens with zero attached hydrogens (tertiary/aromatic N) is 1. The minimum Gasteiger partial charge on any atom is -0.497 e. The summed E-state index contributed by atoms with van der Waals surface area (Å²) in [5, 5.41) is 0. The van der Waals surface area contributed by atoms with Crippen LogP contribution in [0.5, 0.6) is 5.75 Å². The molecule has 0 aliphatic carbocycles. The molecule has 0 amide bonds. The number of methoxy groups -OCH3 is 1. The summed E-state index contributed by atoms with van der Waals surface area (Å²) in [5.41, 5.74) is 2.17. The van der Waals surface area contributed by atoms with E-state index in [4.69, 9.17) is 14.2 Å². The highest BCUT2D eigenvalue weighted by molar-refractivity contribution is 5.28. The van der Waals surface area contributed by atoms with E-state index in [0.29, 0.717) is 25.7 Å². The third-order valence-corrected chi connectivity index (χ3v) is 5.78. The average molecular weight is 397 g/mol. The number of halogens is 1. The number of hydrogen-bond donors (Lipinski definition) is 0. The summed E-state index contributed by atoms with van der Waals surface area (Å²) in [7, 11) is 1.69. The van der Waals surface area contributed by atoms with E-state index in [1.54, 1.807) is 19.2 Å². The van der Waals surface area contributed by atoms with Crippen molar-refractivity contribution < 1.29 is 18.6 Å². The van der Waals surface area contributed by atoms with Crippen LogP contribution in [0.25, 0.3) is 0 Å². The molecule has 1 saturated heterocycles. The van der Waals surface area contributed by atoms with Crippen molar-refractivity contribution in [3.8, 4) is 5.75 Å². The Morgan fingerprint density at radius 3 is 2.48 bits per heavy atom. The highest BCUT2D eigenvalue weighted by atomic mass is 19.1. The lowest BCUT2D eigenvalue weighted by Crippen LogP contribution is -2.42. The molecule has 4 rings (SSSR count). The second-order valence-corrected chi connectivity index (χ2v) is 7.58. The lowest BCUT2D eigenvalue weighted by molar-refractivity contribution is -0.174. The maximum atomic E-state index is 13.4. The average Bonchev–Trinajstić information content (AvgIpc) is 3.24. The van der Waals surface area contributed by atoms with Crippen molar-refractivity contribution in [2.45, 2.75) is 31.1 Å². The summed E-state index contributed by atoms with van der Waals surface area (Å²) in [6.45, 7) is 2.98. The van der Waals surface area contributed by atoms with E-state index < -0.39 is 5.79 Å². The van der Waals surface area contributed by atoms with Crippen molar-refractivity contribution >= 4 is 0 Å². The monoisotopic (exact) mass is 397 g/mol. The fourth-order valence-corrected chi connectivity index (χ4v) is 4.16. The van der Waals surface area contributed by atoms with Gasteiger partial charge in [-0.05, 0) is 42.7 Å². The predicted octanol–water partition coefficient (Wildman–Crippen LogP) is 4.30. The molecule has 1 fully saturated rings. The van der Waals surface area contributed by atoms with Gasteiger partial charge in [0.15, 0.2) is 5.79 Å². The van der Waals surface area contributed by atoms with Crippen LogP contribution in [-0.2, 0) is 21.7 Å². The fourth-order valence-electron chi connectivity index (χ4n) is 4.16. The topological polar surface area (TPSA) is 30.9 Å². The number of hydrogen-bond acceptors (Lipinski definition) is 4. The SMILES string of the molecule is COc1ccc(CC2C=CCCN2CCC2(c3ccc(F)cc3)OCCO2)cc1. The Bertz CT molecular complexity index is 813. The Balaban J connectivity index is 1.44. The van der Waals surface area contributed by atoms with Crippen LogP contribution in [0.15, 0.2) is 60.7 Å². The van der Waals surface area contributed by atoms with Gasteiger partial charge in [-0.2, -0.15) is 0 Å². The zero-order chi connectivity index (χ0) is 20.1. The highest BCUT2D eigenvalue weighted by Gasteiger charge is 2.39. The van der Waals surface area contributed by atoms with Crippen molar-refractivity contribution in [1.29, 1.82) is 0 Å². The van der Waals surface area contributed by atoms with E-state index in [0.717, 1.165) is 37.2 Å². The molecule has 29 heavy (non-hydrogen) atoms. The normalized spacial score (nSPS) is 21.4. The molecule has 4 nitrogen and oxygen atoms in total. The van der Waals surface area contributed by atoms with Gasteiger partial charge < -0.3 is 14.2 Å². The third-order valence-electron chi connectivity index (χ3n) is 5.78. The molecule has 1 atom stereocenters. The molecule has 0 saturated carbocycles. The van der Waals surface area contributed by atoms with Crippen LogP contribution in [0.2, 0.25) is 0 Å². The zero-order valence-electron chi connectivity index (χ0n) is 16.9. The van der Waals surface area contributed by atoms with Gasteiger partial charge in [-0.1, -0.05) is 36.4 Å². The molecule has 0 N–H and O–H groups in total. The molecule has 0 radical (unpaired) electrons. The van der Waals surface area contributed by atoms with Crippen LogP contribution in [0, 0.1) is 5.82 Å². The standard InChI is InChI=1S/C24H28FNO3/c1-27-23-11-5-19(6-12-23)18-22-4-2-3-14-26(22)15-13-24(28-16-17-29-24)20-7-9-21(25)10-8-20/h2,4-12,22H,3,13-18H2,1H3. The van der Waals surface area contributed by atoms with Gasteiger partial charge in [0, 0.05) is 31.1 Å². The highest BCUT2D eigenvalue weighted by Crippen LogP contribution is 2.35. The number of ether oxygens (including phenoxy) is 3. The van der Waals surface area contributed by atoms with Crippen molar-refractivity contribution in [3.05, 3.63) is 77.6 Å². The minimum atomic E-state index is -0.778. The second-order valence-electron chi connectivity index (χ2n) is 7.58. The van der Waals surface area contributed by atoms with Crippen molar-refractivity contribution in [3.63, 3.8) is 0 Å². The van der Waals surface area contributed by atoms with E-state index in [-0.39, 0.29) is 5.82 Å². The van der Waals surface area contributed by atoms with Gasteiger partial charge in [0.1, 0.15) is 11.6 Å². The molecule has 154 valence electrons. The molecular weight excluding hydrogens is 369 g/mol. The van der Waals surface area contributed by atoms with Crippen LogP contribution in [0.4, 0.5) is 4.39 Å². The molecule has 0 spiro atoms. The van der Waals surface area contributed by atoms with Crippen molar-refractivity contribution in [1.82, 2.24) is 4.90 Å². The summed E-state index contributed by atoms with van der Waals surface area (Å²) >= 11 is 0. The van der Waals surface area contributed by atoms with E-state index in [9.17, 15) is 4.39 Å². The molecule has 2 aliphatic rings. The Labute approximate surface area is 171 Å². The molecule has 0 aromatic heterocycles. The summed E-state index contributed by atoms with van der Waals surface area (Å²) in [4.78, 5) is 2.49. The van der Waals surface area contributed by atoms with E-state index >= 15 is 0 Å². The van der Waals surface area contributed by atoms with Gasteiger partial charge in [0.2, 0.25) is 0 Å². The van der Waals surface area contributed by atoms with Gasteiger partial charge in [0.05, 0.1) is 20.3 Å². The van der Waals surface area contributed by atoms with Crippen LogP contribution >= 0.6 is 0 Å². The summed E-state index contributed by atoms with van der Waals surface area (Å²) < 4.78 is 30.7. The van der Waals surface area contributed by atoms with Gasteiger partial charge in [0.25, 0.3) is 0 Å². The smallest absolute Gasteiger partial charge is 0.196 e. The first-order chi connectivity index (χ1) is 14.2. The summed E-state index contributed by atoms with van der Waals surface area (Å²) in [5.74, 6) is -0.149. The summed E-state index contributed by atoms with van der Waals surface area (Å²) in [6, 6.07) is 15.1. The fraction of sp³-hybridized carbons (Fsp3) is 0.417. The van der Waals surface area contributed by atoms with E-state index in [1.165, 1.54) is 17.7 Å². The van der Waals surface area contributed by atoms with Crippen LogP contribution < -0.4 is 4.74 Å². The molecular formula is C24H28FNO3. The Morgan fingerprint density at radius 1 is 1.07 bits per heavy atom.